The van der Waals surface area contributed by atoms with Crippen molar-refractivity contribution in [2.24, 2.45) is 0 Å². The van der Waals surface area contributed by atoms with Gasteiger partial charge in [-0.3, -0.25) is 4.79 Å². The van der Waals surface area contributed by atoms with Crippen molar-refractivity contribution in [3.63, 3.8) is 0 Å². The van der Waals surface area contributed by atoms with Gasteiger partial charge in [-0.15, -0.1) is 0 Å². The highest BCUT2D eigenvalue weighted by Crippen LogP contribution is 2.23. The Labute approximate surface area is 153 Å². The lowest BCUT2D eigenvalue weighted by molar-refractivity contribution is 0.102. The predicted molar refractivity (Wildman–Crippen MR) is 102 cm³/mol. The topological polar surface area (TPSA) is 55.1 Å². The monoisotopic (exact) mass is 386 g/mol. The van der Waals surface area contributed by atoms with Gasteiger partial charge in [-0.05, 0) is 25.4 Å². The van der Waals surface area contributed by atoms with Crippen LogP contribution in [0.15, 0.2) is 28.6 Å². The minimum absolute atomic E-state index is 0.0742. The molecule has 0 aliphatic heterocycles. The quantitative estimate of drug-likeness (QED) is 0.424. The molecule has 0 radical (unpaired) electrons. The fraction of sp³-hybridized carbons (Fsp3) is 0.400. The summed E-state index contributed by atoms with van der Waals surface area (Å²) in [4.78, 5) is 12.2. The molecule has 0 saturated heterocycles. The molecule has 1 atom stereocenters. The van der Waals surface area contributed by atoms with Gasteiger partial charge in [0.15, 0.2) is 14.1 Å². The number of aryl methyl sites for hydroxylation is 1. The number of aromatic nitrogens is 2. The standard InChI is InChI=1S/C15H18N2O2S4/c1-10-3-5-11(6-4-10)13(19)9-22-14-16-17(15(20)23-14)7-12(18)8-21-2/h3-6,12,18H,7-9H2,1-2H3. The molecule has 124 valence electrons. The summed E-state index contributed by atoms with van der Waals surface area (Å²) < 4.78 is 3.02. The van der Waals surface area contributed by atoms with E-state index in [0.29, 0.717) is 27.6 Å². The summed E-state index contributed by atoms with van der Waals surface area (Å²) in [6.07, 6.45) is 1.48. The average molecular weight is 387 g/mol. The van der Waals surface area contributed by atoms with Crippen molar-refractivity contribution >= 4 is 52.9 Å². The first-order valence-electron chi connectivity index (χ1n) is 6.97. The number of rotatable bonds is 8. The van der Waals surface area contributed by atoms with Gasteiger partial charge in [-0.1, -0.05) is 52.9 Å². The van der Waals surface area contributed by atoms with Crippen molar-refractivity contribution in [1.82, 2.24) is 9.78 Å². The number of aliphatic hydroxyl groups excluding tert-OH is 1. The highest BCUT2D eigenvalue weighted by atomic mass is 32.2. The van der Waals surface area contributed by atoms with Crippen LogP contribution in [-0.2, 0) is 6.54 Å². The summed E-state index contributed by atoms with van der Waals surface area (Å²) in [7, 11) is 0. The van der Waals surface area contributed by atoms with E-state index in [2.05, 4.69) is 5.10 Å². The van der Waals surface area contributed by atoms with Crippen molar-refractivity contribution in [2.75, 3.05) is 17.8 Å². The van der Waals surface area contributed by atoms with Gasteiger partial charge in [0.05, 0.1) is 18.4 Å². The lowest BCUT2D eigenvalue weighted by atomic mass is 10.1. The molecular weight excluding hydrogens is 368 g/mol. The Morgan fingerprint density at radius 1 is 1.43 bits per heavy atom. The maximum absolute atomic E-state index is 12.2. The summed E-state index contributed by atoms with van der Waals surface area (Å²) in [6.45, 7) is 2.39. The number of benzene rings is 1. The molecule has 1 aromatic heterocycles. The van der Waals surface area contributed by atoms with Crippen LogP contribution in [0.3, 0.4) is 0 Å². The van der Waals surface area contributed by atoms with E-state index < -0.39 is 6.10 Å². The maximum atomic E-state index is 12.2. The lowest BCUT2D eigenvalue weighted by Gasteiger charge is -2.07. The first-order valence-corrected chi connectivity index (χ1v) is 10.6. The van der Waals surface area contributed by atoms with Crippen LogP contribution in [0.2, 0.25) is 0 Å². The molecule has 0 aliphatic carbocycles. The van der Waals surface area contributed by atoms with Gasteiger partial charge in [0.25, 0.3) is 0 Å². The molecule has 0 spiro atoms. The zero-order valence-corrected chi connectivity index (χ0v) is 16.2. The summed E-state index contributed by atoms with van der Waals surface area (Å²) >= 11 is 9.61. The second kappa shape index (κ2) is 8.98. The van der Waals surface area contributed by atoms with E-state index in [9.17, 15) is 9.90 Å². The summed E-state index contributed by atoms with van der Waals surface area (Å²) in [5.74, 6) is 1.05. The van der Waals surface area contributed by atoms with Crippen molar-refractivity contribution in [1.29, 1.82) is 0 Å². The Kier molecular flexibility index (Phi) is 7.29. The molecule has 4 nitrogen and oxygen atoms in total. The third-order valence-corrected chi connectivity index (χ3v) is 6.19. The number of nitrogens with zero attached hydrogens (tertiary/aromatic N) is 2. The highest BCUT2D eigenvalue weighted by Gasteiger charge is 2.12. The van der Waals surface area contributed by atoms with Gasteiger partial charge in [-0.2, -0.15) is 16.9 Å². The highest BCUT2D eigenvalue weighted by molar-refractivity contribution is 8.01. The van der Waals surface area contributed by atoms with Crippen LogP contribution < -0.4 is 0 Å². The molecule has 2 aromatic rings. The molecule has 23 heavy (non-hydrogen) atoms. The van der Waals surface area contributed by atoms with Crippen LogP contribution in [0.5, 0.6) is 0 Å². The van der Waals surface area contributed by atoms with Gasteiger partial charge in [0, 0.05) is 11.3 Å². The van der Waals surface area contributed by atoms with Gasteiger partial charge in [-0.25, -0.2) is 4.68 Å². The van der Waals surface area contributed by atoms with Crippen molar-refractivity contribution in [2.45, 2.75) is 23.9 Å². The van der Waals surface area contributed by atoms with Gasteiger partial charge >= 0.3 is 0 Å². The number of ketones is 1. The number of hydrogen-bond donors (Lipinski definition) is 1. The minimum Gasteiger partial charge on any atom is -0.390 e. The maximum Gasteiger partial charge on any atom is 0.180 e. The van der Waals surface area contributed by atoms with Crippen LogP contribution in [-0.4, -0.2) is 44.5 Å². The van der Waals surface area contributed by atoms with Gasteiger partial charge < -0.3 is 5.11 Å². The second-order valence-corrected chi connectivity index (χ2v) is 8.76. The molecule has 1 unspecified atom stereocenters. The molecule has 0 aliphatic rings. The summed E-state index contributed by atoms with van der Waals surface area (Å²) in [5, 5.41) is 14.2. The third-order valence-electron chi connectivity index (χ3n) is 3.03. The number of thioether (sulfide) groups is 2. The first-order chi connectivity index (χ1) is 11.0. The molecule has 0 amide bonds. The minimum atomic E-state index is -0.467. The van der Waals surface area contributed by atoms with E-state index in [1.54, 1.807) is 16.4 Å². The fourth-order valence-electron chi connectivity index (χ4n) is 1.86. The molecule has 2 rings (SSSR count). The van der Waals surface area contributed by atoms with Crippen LogP contribution in [0.1, 0.15) is 15.9 Å². The molecule has 1 aromatic carbocycles. The van der Waals surface area contributed by atoms with Crippen LogP contribution >= 0.6 is 47.1 Å². The average Bonchev–Trinajstić information content (AvgIpc) is 2.86. The van der Waals surface area contributed by atoms with Crippen molar-refractivity contribution in [3.8, 4) is 0 Å². The van der Waals surface area contributed by atoms with Crippen LogP contribution in [0.4, 0.5) is 0 Å². The molecule has 0 bridgehead atoms. The number of Topliss-reactive ketones (excluding diaryl/α,β-unsaturated/α-hetero) is 1. The van der Waals surface area contributed by atoms with E-state index in [-0.39, 0.29) is 5.78 Å². The fourth-order valence-corrected chi connectivity index (χ4v) is 4.59. The molecule has 0 fully saturated rings. The number of carbonyl (C=O) groups excluding carboxylic acids is 1. The zero-order chi connectivity index (χ0) is 16.8. The van der Waals surface area contributed by atoms with E-state index in [1.807, 2.05) is 37.4 Å². The summed E-state index contributed by atoms with van der Waals surface area (Å²) in [6, 6.07) is 7.56. The SMILES string of the molecule is CSCC(O)Cn1nc(SCC(=O)c2ccc(C)cc2)sc1=S. The second-order valence-electron chi connectivity index (χ2n) is 5.00. The zero-order valence-electron chi connectivity index (χ0n) is 12.9. The Hall–Kier alpha value is -0.670. The Morgan fingerprint density at radius 2 is 2.13 bits per heavy atom. The Morgan fingerprint density at radius 3 is 2.78 bits per heavy atom. The number of aliphatic hydroxyl groups is 1. The third kappa shape index (κ3) is 5.72. The van der Waals surface area contributed by atoms with Crippen LogP contribution in [0, 0.1) is 10.9 Å². The normalized spacial score (nSPS) is 12.3. The predicted octanol–water partition coefficient (Wildman–Crippen LogP) is 3.68. The van der Waals surface area contributed by atoms with E-state index in [4.69, 9.17) is 12.2 Å². The largest absolute Gasteiger partial charge is 0.390 e. The van der Waals surface area contributed by atoms with Gasteiger partial charge in [0.1, 0.15) is 0 Å². The Balaban J connectivity index is 1.94. The molecular formula is C15H18N2O2S4. The van der Waals surface area contributed by atoms with E-state index in [1.165, 1.54) is 23.1 Å². The Bertz CT molecular complexity index is 709. The lowest BCUT2D eigenvalue weighted by Crippen LogP contribution is -2.19. The molecule has 0 saturated carbocycles. The van der Waals surface area contributed by atoms with Crippen molar-refractivity contribution in [3.05, 3.63) is 39.3 Å². The number of carbonyl (C=O) groups is 1. The summed E-state index contributed by atoms with van der Waals surface area (Å²) in [5.41, 5.74) is 1.84. The van der Waals surface area contributed by atoms with E-state index >= 15 is 0 Å². The number of hydrogen-bond acceptors (Lipinski definition) is 7. The first kappa shape index (κ1) is 18.7. The molecule has 8 heteroatoms. The van der Waals surface area contributed by atoms with Crippen LogP contribution in [0.25, 0.3) is 0 Å². The molecule has 1 heterocycles. The van der Waals surface area contributed by atoms with E-state index in [0.717, 1.165) is 9.90 Å². The smallest absolute Gasteiger partial charge is 0.180 e. The van der Waals surface area contributed by atoms with Gasteiger partial charge in [0.2, 0.25) is 0 Å². The van der Waals surface area contributed by atoms with Crippen molar-refractivity contribution < 1.29 is 9.90 Å². The molecule has 1 N–H and O–H groups in total.